The highest BCUT2D eigenvalue weighted by atomic mass is 32.1. The van der Waals surface area contributed by atoms with Crippen LogP contribution in [0.2, 0.25) is 0 Å². The lowest BCUT2D eigenvalue weighted by Gasteiger charge is -2.39. The molecule has 1 aliphatic rings. The first-order chi connectivity index (χ1) is 12.3. The Balaban J connectivity index is 0.00000261. The van der Waals surface area contributed by atoms with Crippen molar-refractivity contribution in [1.29, 1.82) is 0 Å². The Morgan fingerprint density at radius 1 is 1.07 bits per heavy atom. The van der Waals surface area contributed by atoms with Gasteiger partial charge in [0.2, 0.25) is 0 Å². The van der Waals surface area contributed by atoms with Gasteiger partial charge >= 0.3 is 5.97 Å². The Labute approximate surface area is 162 Å². The summed E-state index contributed by atoms with van der Waals surface area (Å²) in [6.07, 6.45) is -6.60. The van der Waals surface area contributed by atoms with Gasteiger partial charge in [-0.05, 0) is 42.7 Å². The normalized spacial score (nSPS) is 27.8. The molecule has 5 atom stereocenters. The van der Waals surface area contributed by atoms with E-state index < -0.39 is 36.5 Å². The van der Waals surface area contributed by atoms with E-state index in [0.717, 1.165) is 11.1 Å². The molecule has 3 rings (SSSR count). The van der Waals surface area contributed by atoms with Crippen LogP contribution in [0.3, 0.4) is 0 Å². The highest BCUT2D eigenvalue weighted by Crippen LogP contribution is 2.34. The van der Waals surface area contributed by atoms with Gasteiger partial charge in [-0.1, -0.05) is 25.6 Å². The maximum absolute atomic E-state index is 11.3. The third kappa shape index (κ3) is 4.39. The largest absolute Gasteiger partial charge is 0.479 e. The summed E-state index contributed by atoms with van der Waals surface area (Å²) < 4.78 is 5.42. The van der Waals surface area contributed by atoms with E-state index in [1.54, 1.807) is 17.4 Å². The number of aliphatic hydroxyl groups is 3. The molecule has 6 nitrogen and oxygen atoms in total. The Bertz CT molecular complexity index is 802. The Morgan fingerprint density at radius 2 is 1.78 bits per heavy atom. The van der Waals surface area contributed by atoms with Gasteiger partial charge in [0.25, 0.3) is 0 Å². The summed E-state index contributed by atoms with van der Waals surface area (Å²) in [5, 5.41) is 39.3. The summed E-state index contributed by atoms with van der Waals surface area (Å²) in [4.78, 5) is 13.7. The second-order valence-corrected chi connectivity index (χ2v) is 8.03. The Kier molecular flexibility index (Phi) is 6.77. The van der Waals surface area contributed by atoms with Crippen LogP contribution < -0.4 is 0 Å². The molecule has 1 unspecified atom stereocenters. The van der Waals surface area contributed by atoms with E-state index in [4.69, 9.17) is 4.74 Å². The molecule has 7 heteroatoms. The number of carboxylic acids is 1. The molecule has 1 aromatic carbocycles. The van der Waals surface area contributed by atoms with E-state index in [1.165, 1.54) is 9.75 Å². The zero-order valence-corrected chi connectivity index (χ0v) is 15.3. The van der Waals surface area contributed by atoms with E-state index in [2.05, 4.69) is 12.1 Å². The van der Waals surface area contributed by atoms with Gasteiger partial charge in [-0.2, -0.15) is 0 Å². The number of hydrogen-bond acceptors (Lipinski definition) is 6. The van der Waals surface area contributed by atoms with Crippen molar-refractivity contribution in [3.05, 3.63) is 56.8 Å². The summed E-state index contributed by atoms with van der Waals surface area (Å²) in [5.41, 5.74) is 2.68. The van der Waals surface area contributed by atoms with Crippen molar-refractivity contribution in [1.82, 2.24) is 0 Å². The SMILES string of the molecule is C.Cc1ccc(Cc2cc(C3O[C@H](C(=O)O)[C@@H](O)[C@H](O)[C@H]3O)ccc2C)s1. The fourth-order valence-corrected chi connectivity index (χ4v) is 4.10. The van der Waals surface area contributed by atoms with Crippen LogP contribution in [0.5, 0.6) is 0 Å². The van der Waals surface area contributed by atoms with Gasteiger partial charge < -0.3 is 25.2 Å². The van der Waals surface area contributed by atoms with Crippen LogP contribution in [0, 0.1) is 13.8 Å². The van der Waals surface area contributed by atoms with Gasteiger partial charge in [0.1, 0.15) is 24.4 Å². The maximum atomic E-state index is 11.3. The molecule has 0 aliphatic carbocycles. The number of rotatable bonds is 4. The zero-order chi connectivity index (χ0) is 19.0. The van der Waals surface area contributed by atoms with Crippen LogP contribution in [-0.2, 0) is 16.0 Å². The molecule has 27 heavy (non-hydrogen) atoms. The molecule has 1 aromatic heterocycles. The fourth-order valence-electron chi connectivity index (χ4n) is 3.19. The lowest BCUT2D eigenvalue weighted by atomic mass is 9.89. The third-order valence-electron chi connectivity index (χ3n) is 4.72. The molecule has 0 radical (unpaired) electrons. The summed E-state index contributed by atoms with van der Waals surface area (Å²) in [7, 11) is 0. The third-order valence-corrected chi connectivity index (χ3v) is 5.72. The van der Waals surface area contributed by atoms with Crippen molar-refractivity contribution in [2.45, 2.75) is 58.2 Å². The highest BCUT2D eigenvalue weighted by Gasteiger charge is 2.47. The van der Waals surface area contributed by atoms with Gasteiger partial charge in [-0.15, -0.1) is 11.3 Å². The first-order valence-corrected chi connectivity index (χ1v) is 9.16. The predicted octanol–water partition coefficient (Wildman–Crippen LogP) is 2.20. The molecule has 1 saturated heterocycles. The molecule has 1 fully saturated rings. The monoisotopic (exact) mass is 394 g/mol. The van der Waals surface area contributed by atoms with Gasteiger partial charge in [0, 0.05) is 16.2 Å². The fraction of sp³-hybridized carbons (Fsp3) is 0.450. The van der Waals surface area contributed by atoms with Crippen molar-refractivity contribution >= 4 is 17.3 Å². The smallest absolute Gasteiger partial charge is 0.335 e. The predicted molar refractivity (Wildman–Crippen MR) is 103 cm³/mol. The van der Waals surface area contributed by atoms with Crippen LogP contribution in [0.1, 0.15) is 40.0 Å². The number of carboxylic acid groups (broad SMARTS) is 1. The van der Waals surface area contributed by atoms with Gasteiger partial charge in [-0.3, -0.25) is 0 Å². The lowest BCUT2D eigenvalue weighted by molar-refractivity contribution is -0.229. The molecule has 0 saturated carbocycles. The van der Waals surface area contributed by atoms with Crippen molar-refractivity contribution < 1.29 is 30.0 Å². The maximum Gasteiger partial charge on any atom is 0.335 e. The van der Waals surface area contributed by atoms with Crippen molar-refractivity contribution in [3.63, 3.8) is 0 Å². The number of thiophene rings is 1. The van der Waals surface area contributed by atoms with Gasteiger partial charge in [0.05, 0.1) is 0 Å². The van der Waals surface area contributed by atoms with Crippen molar-refractivity contribution in [2.24, 2.45) is 0 Å². The number of benzene rings is 1. The second kappa shape index (κ2) is 8.50. The molecule has 0 amide bonds. The number of aliphatic hydroxyl groups excluding tert-OH is 3. The minimum absolute atomic E-state index is 0. The van der Waals surface area contributed by atoms with Crippen LogP contribution in [-0.4, -0.2) is 50.8 Å². The van der Waals surface area contributed by atoms with Crippen LogP contribution in [0.25, 0.3) is 0 Å². The number of ether oxygens (including phenoxy) is 1. The lowest BCUT2D eigenvalue weighted by Crippen LogP contribution is -2.56. The molecule has 148 valence electrons. The van der Waals surface area contributed by atoms with Crippen LogP contribution >= 0.6 is 11.3 Å². The summed E-state index contributed by atoms with van der Waals surface area (Å²) >= 11 is 1.71. The average molecular weight is 394 g/mol. The molecule has 0 spiro atoms. The average Bonchev–Trinajstić information content (AvgIpc) is 3.00. The second-order valence-electron chi connectivity index (χ2n) is 6.66. The molecule has 2 aromatic rings. The molecule has 2 heterocycles. The zero-order valence-electron chi connectivity index (χ0n) is 14.5. The van der Waals surface area contributed by atoms with E-state index in [-0.39, 0.29) is 7.43 Å². The number of hydrogen-bond donors (Lipinski definition) is 4. The molecular formula is C20H26O6S. The molecule has 0 bridgehead atoms. The number of aliphatic carboxylic acids is 1. The molecular weight excluding hydrogens is 368 g/mol. The van der Waals surface area contributed by atoms with Crippen LogP contribution in [0.15, 0.2) is 30.3 Å². The van der Waals surface area contributed by atoms with Crippen LogP contribution in [0.4, 0.5) is 0 Å². The highest BCUT2D eigenvalue weighted by molar-refractivity contribution is 7.11. The quantitative estimate of drug-likeness (QED) is 0.633. The van der Waals surface area contributed by atoms with E-state index in [0.29, 0.717) is 12.0 Å². The van der Waals surface area contributed by atoms with Gasteiger partial charge in [-0.25, -0.2) is 4.79 Å². The van der Waals surface area contributed by atoms with E-state index in [9.17, 15) is 25.2 Å². The van der Waals surface area contributed by atoms with E-state index >= 15 is 0 Å². The minimum Gasteiger partial charge on any atom is -0.479 e. The summed E-state index contributed by atoms with van der Waals surface area (Å²) in [6.45, 7) is 4.03. The summed E-state index contributed by atoms with van der Waals surface area (Å²) in [6, 6.07) is 9.62. The Hall–Kier alpha value is -1.77. The number of aryl methyl sites for hydroxylation is 2. The first-order valence-electron chi connectivity index (χ1n) is 8.35. The number of carbonyl (C=O) groups is 1. The topological polar surface area (TPSA) is 107 Å². The van der Waals surface area contributed by atoms with Crippen molar-refractivity contribution in [2.75, 3.05) is 0 Å². The Morgan fingerprint density at radius 3 is 2.37 bits per heavy atom. The van der Waals surface area contributed by atoms with Crippen molar-refractivity contribution in [3.8, 4) is 0 Å². The molecule has 1 aliphatic heterocycles. The first kappa shape index (κ1) is 21.5. The standard InChI is InChI=1S/C19H22O6S.CH4/c1-9-3-5-11(7-12(9)8-13-6-4-10(2)26-13)17-15(21)14(20)16(22)18(25-17)19(23)24;/h3-7,14-18,20-22H,8H2,1-2H3,(H,23,24);1H4/t14-,15-,16+,17?,18+;/m1./s1. The summed E-state index contributed by atoms with van der Waals surface area (Å²) in [5.74, 6) is -1.38. The van der Waals surface area contributed by atoms with E-state index in [1.807, 2.05) is 26.0 Å². The van der Waals surface area contributed by atoms with Gasteiger partial charge in [0.15, 0.2) is 6.10 Å². The minimum atomic E-state index is -1.68. The molecule has 4 N–H and O–H groups in total.